The van der Waals surface area contributed by atoms with Crippen molar-refractivity contribution in [3.05, 3.63) is 84.2 Å². The number of hydrogen-bond acceptors (Lipinski definition) is 9. The fraction of sp³-hybridized carbons (Fsp3) is 0.571. The molecule has 14 heteroatoms. The number of alkyl carbamates (subject to hydrolysis) is 1. The molecule has 0 aliphatic heterocycles. The van der Waals surface area contributed by atoms with Crippen molar-refractivity contribution < 1.29 is 29.0 Å². The number of primary amides is 1. The van der Waals surface area contributed by atoms with Gasteiger partial charge in [0.05, 0.1) is 24.2 Å². The lowest BCUT2D eigenvalue weighted by Crippen LogP contribution is -2.62. The molecule has 1 saturated carbocycles. The average molecular weight is 775 g/mol. The molecule has 1 aliphatic carbocycles. The average Bonchev–Trinajstić information content (AvgIpc) is 3.69. The fourth-order valence-electron chi connectivity index (χ4n) is 7.55. The van der Waals surface area contributed by atoms with Crippen molar-refractivity contribution in [2.24, 2.45) is 23.3 Å². The molecule has 306 valence electrons. The number of pyridine rings is 1. The molecule has 2 heterocycles. The van der Waals surface area contributed by atoms with Crippen LogP contribution in [-0.4, -0.2) is 91.7 Å². The van der Waals surface area contributed by atoms with E-state index in [4.69, 9.17) is 16.2 Å². The van der Waals surface area contributed by atoms with Gasteiger partial charge in [0.1, 0.15) is 17.7 Å². The molecule has 0 saturated heterocycles. The van der Waals surface area contributed by atoms with Crippen LogP contribution in [0.3, 0.4) is 0 Å². The predicted molar refractivity (Wildman–Crippen MR) is 214 cm³/mol. The van der Waals surface area contributed by atoms with Crippen LogP contribution < -0.4 is 22.1 Å². The molecule has 3 aromatic rings. The number of aliphatic hydroxyl groups excluding tert-OH is 1. The van der Waals surface area contributed by atoms with Gasteiger partial charge in [0.15, 0.2) is 0 Å². The molecule has 0 unspecified atom stereocenters. The number of nitrogens with zero attached hydrogens (tertiary/aromatic N) is 3. The van der Waals surface area contributed by atoms with Gasteiger partial charge < -0.3 is 41.8 Å². The van der Waals surface area contributed by atoms with Crippen LogP contribution >= 0.6 is 0 Å². The molecular formula is C42H62N8O6. The molecule has 0 spiro atoms. The van der Waals surface area contributed by atoms with Crippen LogP contribution in [0.25, 0.3) is 0 Å². The molecule has 5 atom stereocenters. The van der Waals surface area contributed by atoms with Gasteiger partial charge in [0, 0.05) is 43.9 Å². The highest BCUT2D eigenvalue weighted by Crippen LogP contribution is 2.33. The van der Waals surface area contributed by atoms with Crippen molar-refractivity contribution in [2.75, 3.05) is 13.1 Å². The number of H-pyrrole nitrogens is 1. The van der Waals surface area contributed by atoms with Gasteiger partial charge in [-0.05, 0) is 88.6 Å². The first-order valence-corrected chi connectivity index (χ1v) is 20.0. The number of hydrogen-bond donors (Lipinski definition) is 6. The smallest absolute Gasteiger partial charge is 0.408 e. The summed E-state index contributed by atoms with van der Waals surface area (Å²) in [5.41, 5.74) is 13.1. The standard InChI is InChI=1S/C42H62N8O6/c1-42(2,3)56-41(55)49-34(23-29-12-6-4-7-13-29)40(54)50(36(38(44)52)26-33-27-46-28-48-33)35(24-30-14-8-5-9-15-30)37(51)25-32(22-31-16-20-45-21-17-31)39(53)47-19-11-10-18-43/h4,6-7,12-13,16-17,20-21,27-28,30,32,34-37,51H,5,8-11,14-15,18-19,22-26,43H2,1-3H3,(H2,44,52)(H,46,48)(H,47,53)(H,49,55)/t32-,34+,35+,36+,37+/m1/s1. The quantitative estimate of drug-likeness (QED) is 0.0862. The Morgan fingerprint density at radius 3 is 2.30 bits per heavy atom. The number of ether oxygens (including phenoxy) is 1. The van der Waals surface area contributed by atoms with Gasteiger partial charge in [-0.3, -0.25) is 19.4 Å². The van der Waals surface area contributed by atoms with Gasteiger partial charge >= 0.3 is 6.09 Å². The molecule has 0 radical (unpaired) electrons. The Balaban J connectivity index is 1.81. The highest BCUT2D eigenvalue weighted by Gasteiger charge is 2.43. The van der Waals surface area contributed by atoms with E-state index in [1.54, 1.807) is 39.4 Å². The maximum atomic E-state index is 15.3. The third-order valence-corrected chi connectivity index (χ3v) is 10.3. The number of benzene rings is 1. The van der Waals surface area contributed by atoms with Crippen LogP contribution in [0.1, 0.15) is 95.4 Å². The van der Waals surface area contributed by atoms with Gasteiger partial charge in [-0.15, -0.1) is 0 Å². The van der Waals surface area contributed by atoms with Crippen LogP contribution in [0.4, 0.5) is 4.79 Å². The first-order chi connectivity index (χ1) is 26.8. The molecule has 1 aromatic carbocycles. The summed E-state index contributed by atoms with van der Waals surface area (Å²) in [6.45, 7) is 6.13. The van der Waals surface area contributed by atoms with Crippen LogP contribution in [0.15, 0.2) is 67.4 Å². The predicted octanol–water partition coefficient (Wildman–Crippen LogP) is 3.97. The second-order valence-corrected chi connectivity index (χ2v) is 16.0. The number of aliphatic hydroxyl groups is 1. The van der Waals surface area contributed by atoms with Gasteiger partial charge in [0.2, 0.25) is 17.7 Å². The van der Waals surface area contributed by atoms with Crippen molar-refractivity contribution in [3.63, 3.8) is 0 Å². The number of carbonyl (C=O) groups is 4. The topological polar surface area (TPSA) is 219 Å². The zero-order chi connectivity index (χ0) is 40.5. The van der Waals surface area contributed by atoms with Crippen molar-refractivity contribution in [2.45, 2.75) is 128 Å². The van der Waals surface area contributed by atoms with E-state index in [0.717, 1.165) is 49.7 Å². The van der Waals surface area contributed by atoms with Gasteiger partial charge in [-0.25, -0.2) is 9.78 Å². The van der Waals surface area contributed by atoms with E-state index in [9.17, 15) is 19.5 Å². The number of imidazole rings is 1. The zero-order valence-corrected chi connectivity index (χ0v) is 33.2. The number of rotatable bonds is 21. The summed E-state index contributed by atoms with van der Waals surface area (Å²) in [5, 5.41) is 18.4. The number of aromatic nitrogens is 3. The van der Waals surface area contributed by atoms with E-state index >= 15 is 4.79 Å². The molecule has 56 heavy (non-hydrogen) atoms. The third-order valence-electron chi connectivity index (χ3n) is 10.3. The lowest BCUT2D eigenvalue weighted by molar-refractivity contribution is -0.148. The van der Waals surface area contributed by atoms with E-state index in [2.05, 4.69) is 25.6 Å². The van der Waals surface area contributed by atoms with Gasteiger partial charge in [-0.2, -0.15) is 0 Å². The summed E-state index contributed by atoms with van der Waals surface area (Å²) >= 11 is 0. The number of nitrogens with one attached hydrogen (secondary N) is 3. The Morgan fingerprint density at radius 1 is 0.982 bits per heavy atom. The molecule has 2 aromatic heterocycles. The summed E-state index contributed by atoms with van der Waals surface area (Å²) in [6, 6.07) is 9.49. The molecule has 4 amide bonds. The molecule has 1 aliphatic rings. The highest BCUT2D eigenvalue weighted by molar-refractivity contribution is 5.91. The Labute approximate surface area is 330 Å². The van der Waals surface area contributed by atoms with Gasteiger partial charge in [-0.1, -0.05) is 62.4 Å². The minimum Gasteiger partial charge on any atom is -0.444 e. The van der Waals surface area contributed by atoms with Crippen LogP contribution in [0.5, 0.6) is 0 Å². The van der Waals surface area contributed by atoms with E-state index in [0.29, 0.717) is 38.0 Å². The summed E-state index contributed by atoms with van der Waals surface area (Å²) in [6.07, 6.45) is 11.4. The van der Waals surface area contributed by atoms with Crippen molar-refractivity contribution in [3.8, 4) is 0 Å². The van der Waals surface area contributed by atoms with E-state index in [1.807, 2.05) is 42.5 Å². The first kappa shape index (κ1) is 43.9. The lowest BCUT2D eigenvalue weighted by Gasteiger charge is -2.43. The van der Waals surface area contributed by atoms with Crippen molar-refractivity contribution in [1.82, 2.24) is 30.5 Å². The molecule has 1 fully saturated rings. The maximum absolute atomic E-state index is 15.3. The highest BCUT2D eigenvalue weighted by atomic mass is 16.6. The van der Waals surface area contributed by atoms with E-state index in [1.165, 1.54) is 11.2 Å². The Morgan fingerprint density at radius 2 is 1.68 bits per heavy atom. The Bertz CT molecular complexity index is 1630. The zero-order valence-electron chi connectivity index (χ0n) is 33.2. The van der Waals surface area contributed by atoms with Crippen molar-refractivity contribution >= 4 is 23.8 Å². The Kier molecular flexibility index (Phi) is 17.3. The van der Waals surface area contributed by atoms with E-state index < -0.39 is 53.7 Å². The molecule has 0 bridgehead atoms. The maximum Gasteiger partial charge on any atom is 0.408 e. The van der Waals surface area contributed by atoms with Crippen LogP contribution in [0, 0.1) is 11.8 Å². The second kappa shape index (κ2) is 22.1. The normalized spacial score (nSPS) is 16.2. The fourth-order valence-corrected chi connectivity index (χ4v) is 7.55. The number of unbranched alkanes of at least 4 members (excludes halogenated alkanes) is 1. The minimum absolute atomic E-state index is 0.0110. The van der Waals surface area contributed by atoms with Crippen LogP contribution in [-0.2, 0) is 38.4 Å². The van der Waals surface area contributed by atoms with Gasteiger partial charge in [0.25, 0.3) is 0 Å². The van der Waals surface area contributed by atoms with E-state index in [-0.39, 0.29) is 31.1 Å². The second-order valence-electron chi connectivity index (χ2n) is 16.0. The summed E-state index contributed by atoms with van der Waals surface area (Å²) in [7, 11) is 0. The first-order valence-electron chi connectivity index (χ1n) is 20.0. The SMILES string of the molecule is CC(C)(C)OC(=O)N[C@@H](Cc1ccccc1)C(=O)N([C@@H](Cc1c[nH]cn1)C(N)=O)[C@@H](CC1CCCCC1)[C@@H](O)C[C@@H](Cc1ccncc1)C(=O)NCCCCN. The summed E-state index contributed by atoms with van der Waals surface area (Å²) < 4.78 is 5.61. The monoisotopic (exact) mass is 774 g/mol. The number of aromatic amines is 1. The number of carbonyl (C=O) groups excluding carboxylic acids is 4. The summed E-state index contributed by atoms with van der Waals surface area (Å²) in [5.74, 6) is -2.18. The molecule has 4 rings (SSSR count). The number of nitrogens with two attached hydrogens (primary N) is 2. The third kappa shape index (κ3) is 14.4. The summed E-state index contributed by atoms with van der Waals surface area (Å²) in [4.78, 5) is 69.0. The van der Waals surface area contributed by atoms with Crippen molar-refractivity contribution in [1.29, 1.82) is 0 Å². The molecule has 14 nitrogen and oxygen atoms in total. The lowest BCUT2D eigenvalue weighted by atomic mass is 9.80. The van der Waals surface area contributed by atoms with Crippen LogP contribution in [0.2, 0.25) is 0 Å². The minimum atomic E-state index is -1.26. The number of amides is 4. The molecule has 8 N–H and O–H groups in total. The Hall–Kier alpha value is -4.82. The molecular weight excluding hydrogens is 713 g/mol. The largest absolute Gasteiger partial charge is 0.444 e.